The highest BCUT2D eigenvalue weighted by Gasteiger charge is 2.07. The first-order valence-corrected chi connectivity index (χ1v) is 5.51. The Kier molecular flexibility index (Phi) is 3.29. The summed E-state index contributed by atoms with van der Waals surface area (Å²) in [6, 6.07) is 6.36. The van der Waals surface area contributed by atoms with Crippen molar-refractivity contribution in [3.05, 3.63) is 47.1 Å². The van der Waals surface area contributed by atoms with E-state index in [0.717, 1.165) is 5.69 Å². The Morgan fingerprint density at radius 3 is 2.56 bits per heavy atom. The second kappa shape index (κ2) is 4.89. The Labute approximate surface area is 103 Å². The van der Waals surface area contributed by atoms with Gasteiger partial charge in [0, 0.05) is 18.1 Å². The number of hydrogen-bond donors (Lipinski definition) is 3. The number of benzene rings is 1. The van der Waals surface area contributed by atoms with Crippen LogP contribution >= 0.6 is 0 Å². The van der Waals surface area contributed by atoms with Crippen LogP contribution in [-0.4, -0.2) is 21.5 Å². The van der Waals surface area contributed by atoms with Crippen LogP contribution in [0.1, 0.15) is 6.92 Å². The molecule has 94 valence electrons. The van der Waals surface area contributed by atoms with Gasteiger partial charge in [0.2, 0.25) is 5.91 Å². The molecule has 1 amide bonds. The number of carbonyl (C=O) groups is 1. The lowest BCUT2D eigenvalue weighted by Gasteiger charge is -2.08. The van der Waals surface area contributed by atoms with E-state index >= 15 is 0 Å². The van der Waals surface area contributed by atoms with Crippen LogP contribution < -0.4 is 16.7 Å². The van der Waals surface area contributed by atoms with Gasteiger partial charge in [-0.2, -0.15) is 0 Å². The van der Waals surface area contributed by atoms with Crippen LogP contribution in [0.3, 0.4) is 0 Å². The minimum atomic E-state index is -0.558. The summed E-state index contributed by atoms with van der Waals surface area (Å²) in [6.07, 6.45) is 3.20. The molecule has 1 heterocycles. The summed E-state index contributed by atoms with van der Waals surface area (Å²) in [6.45, 7) is 1.61. The highest BCUT2D eigenvalue weighted by atomic mass is 16.2. The number of imidazole rings is 1. The zero-order chi connectivity index (χ0) is 13.1. The third-order valence-electron chi connectivity index (χ3n) is 2.48. The zero-order valence-electron chi connectivity index (χ0n) is 9.88. The van der Waals surface area contributed by atoms with Crippen LogP contribution in [-0.2, 0) is 4.79 Å². The molecule has 0 saturated carbocycles. The number of carbonyl (C=O) groups excluding carboxylic acids is 1. The molecule has 0 unspecified atom stereocenters. The Bertz CT molecular complexity index is 595. The first kappa shape index (κ1) is 12.1. The summed E-state index contributed by atoms with van der Waals surface area (Å²) in [4.78, 5) is 25.3. The molecular formula is C12H14N4O2. The minimum Gasteiger partial charge on any atom is -0.325 e. The highest BCUT2D eigenvalue weighted by Crippen LogP contribution is 2.11. The van der Waals surface area contributed by atoms with Gasteiger partial charge in [0.15, 0.2) is 0 Å². The molecule has 0 radical (unpaired) electrons. The molecular weight excluding hydrogens is 232 g/mol. The van der Waals surface area contributed by atoms with Crippen molar-refractivity contribution >= 4 is 11.6 Å². The average molecular weight is 246 g/mol. The van der Waals surface area contributed by atoms with Crippen LogP contribution in [0, 0.1) is 0 Å². The van der Waals surface area contributed by atoms with Gasteiger partial charge >= 0.3 is 5.69 Å². The lowest BCUT2D eigenvalue weighted by molar-refractivity contribution is -0.117. The summed E-state index contributed by atoms with van der Waals surface area (Å²) >= 11 is 0. The summed E-state index contributed by atoms with van der Waals surface area (Å²) in [5, 5.41) is 2.67. The molecule has 0 fully saturated rings. The topological polar surface area (TPSA) is 92.9 Å². The van der Waals surface area contributed by atoms with Crippen molar-refractivity contribution < 1.29 is 4.79 Å². The lowest BCUT2D eigenvalue weighted by atomic mass is 10.2. The molecule has 4 N–H and O–H groups in total. The maximum atomic E-state index is 11.4. The molecule has 18 heavy (non-hydrogen) atoms. The maximum absolute atomic E-state index is 11.4. The molecule has 1 aromatic carbocycles. The molecule has 0 aliphatic heterocycles. The molecule has 0 bridgehead atoms. The van der Waals surface area contributed by atoms with Gasteiger partial charge in [0.25, 0.3) is 0 Å². The largest absolute Gasteiger partial charge is 0.330 e. The third kappa shape index (κ3) is 2.49. The monoisotopic (exact) mass is 246 g/mol. The Morgan fingerprint density at radius 2 is 2.06 bits per heavy atom. The van der Waals surface area contributed by atoms with E-state index in [0.29, 0.717) is 5.69 Å². The van der Waals surface area contributed by atoms with Crippen LogP contribution in [0.2, 0.25) is 0 Å². The first-order chi connectivity index (χ1) is 8.58. The summed E-state index contributed by atoms with van der Waals surface area (Å²) in [7, 11) is 0. The SMILES string of the molecule is C[C@@H](N)C(=O)Nc1ccc(-n2cc[nH]c2=O)cc1. The minimum absolute atomic E-state index is 0.206. The van der Waals surface area contributed by atoms with Crippen molar-refractivity contribution in [1.29, 1.82) is 0 Å². The molecule has 0 aliphatic carbocycles. The molecule has 0 saturated heterocycles. The quantitative estimate of drug-likeness (QED) is 0.734. The van der Waals surface area contributed by atoms with E-state index in [-0.39, 0.29) is 11.6 Å². The van der Waals surface area contributed by atoms with E-state index < -0.39 is 6.04 Å². The number of amides is 1. The molecule has 6 heteroatoms. The second-order valence-electron chi connectivity index (χ2n) is 3.96. The van der Waals surface area contributed by atoms with E-state index in [4.69, 9.17) is 5.73 Å². The Hall–Kier alpha value is -2.34. The third-order valence-corrected chi connectivity index (χ3v) is 2.48. The van der Waals surface area contributed by atoms with E-state index in [9.17, 15) is 9.59 Å². The van der Waals surface area contributed by atoms with E-state index in [2.05, 4.69) is 10.3 Å². The van der Waals surface area contributed by atoms with Gasteiger partial charge in [-0.1, -0.05) is 0 Å². The van der Waals surface area contributed by atoms with Crippen molar-refractivity contribution in [2.45, 2.75) is 13.0 Å². The fraction of sp³-hybridized carbons (Fsp3) is 0.167. The first-order valence-electron chi connectivity index (χ1n) is 5.51. The summed E-state index contributed by atoms with van der Waals surface area (Å²) in [5.41, 5.74) is 6.61. The van der Waals surface area contributed by atoms with Gasteiger partial charge in [-0.3, -0.25) is 9.36 Å². The number of nitrogens with two attached hydrogens (primary N) is 1. The van der Waals surface area contributed by atoms with Gasteiger partial charge in [-0.15, -0.1) is 0 Å². The average Bonchev–Trinajstić information content (AvgIpc) is 2.76. The van der Waals surface area contributed by atoms with Crippen molar-refractivity contribution in [2.75, 3.05) is 5.32 Å². The van der Waals surface area contributed by atoms with Gasteiger partial charge in [-0.25, -0.2) is 4.79 Å². The molecule has 2 aromatic rings. The van der Waals surface area contributed by atoms with Crippen molar-refractivity contribution in [3.63, 3.8) is 0 Å². The van der Waals surface area contributed by atoms with Crippen LogP contribution in [0.25, 0.3) is 5.69 Å². The van der Waals surface area contributed by atoms with E-state index in [1.165, 1.54) is 4.57 Å². The summed E-state index contributed by atoms with van der Waals surface area (Å²) in [5.74, 6) is -0.249. The zero-order valence-corrected chi connectivity index (χ0v) is 9.88. The van der Waals surface area contributed by atoms with E-state index in [1.54, 1.807) is 43.6 Å². The van der Waals surface area contributed by atoms with Gasteiger partial charge in [0.1, 0.15) is 0 Å². The standard InChI is InChI=1S/C12H14N4O2/c1-8(13)11(17)15-9-2-4-10(5-3-9)16-7-6-14-12(16)18/h2-8H,13H2,1H3,(H,14,18)(H,15,17)/t8-/m1/s1. The normalized spacial score (nSPS) is 12.1. The van der Waals surface area contributed by atoms with E-state index in [1.807, 2.05) is 0 Å². The van der Waals surface area contributed by atoms with Crippen molar-refractivity contribution in [1.82, 2.24) is 9.55 Å². The predicted molar refractivity (Wildman–Crippen MR) is 68.7 cm³/mol. The number of aromatic amines is 1. The predicted octanol–water partition coefficient (Wildman–Crippen LogP) is 0.451. The number of H-pyrrole nitrogens is 1. The highest BCUT2D eigenvalue weighted by molar-refractivity contribution is 5.94. The Balaban J connectivity index is 2.18. The number of nitrogens with zero attached hydrogens (tertiary/aromatic N) is 1. The smallest absolute Gasteiger partial charge is 0.325 e. The van der Waals surface area contributed by atoms with Gasteiger partial charge in [-0.05, 0) is 31.2 Å². The number of nitrogens with one attached hydrogen (secondary N) is 2. The fourth-order valence-electron chi connectivity index (χ4n) is 1.49. The van der Waals surface area contributed by atoms with Crippen molar-refractivity contribution in [3.8, 4) is 5.69 Å². The van der Waals surface area contributed by atoms with Crippen molar-refractivity contribution in [2.24, 2.45) is 5.73 Å². The molecule has 6 nitrogen and oxygen atoms in total. The second-order valence-corrected chi connectivity index (χ2v) is 3.96. The summed E-state index contributed by atoms with van der Waals surface area (Å²) < 4.78 is 1.47. The Morgan fingerprint density at radius 1 is 1.39 bits per heavy atom. The lowest BCUT2D eigenvalue weighted by Crippen LogP contribution is -2.32. The molecule has 0 spiro atoms. The molecule has 0 aliphatic rings. The maximum Gasteiger partial charge on any atom is 0.330 e. The molecule has 2 rings (SSSR count). The van der Waals surface area contributed by atoms with Gasteiger partial charge < -0.3 is 16.0 Å². The number of anilines is 1. The van der Waals surface area contributed by atoms with Crippen LogP contribution in [0.5, 0.6) is 0 Å². The fourth-order valence-corrected chi connectivity index (χ4v) is 1.49. The van der Waals surface area contributed by atoms with Gasteiger partial charge in [0.05, 0.1) is 11.7 Å². The number of rotatable bonds is 3. The molecule has 1 aromatic heterocycles. The van der Waals surface area contributed by atoms with Crippen LogP contribution in [0.4, 0.5) is 5.69 Å². The number of hydrogen-bond acceptors (Lipinski definition) is 3. The molecule has 1 atom stereocenters. The number of aromatic nitrogens is 2. The van der Waals surface area contributed by atoms with Crippen LogP contribution in [0.15, 0.2) is 41.5 Å².